The number of unbranched alkanes of at least 4 members (excludes halogenated alkanes) is 13. The van der Waals surface area contributed by atoms with Crippen LogP contribution < -0.4 is 0 Å². The van der Waals surface area contributed by atoms with Crippen LogP contribution in [0.2, 0.25) is 0 Å². The second kappa shape index (κ2) is 43.0. The number of esters is 2. The second-order valence-electron chi connectivity index (χ2n) is 18.7. The maximum atomic E-state index is 13.0. The van der Waals surface area contributed by atoms with Gasteiger partial charge in [0.2, 0.25) is 0 Å². The van der Waals surface area contributed by atoms with E-state index in [0.717, 1.165) is 89.9 Å². The van der Waals surface area contributed by atoms with Crippen molar-refractivity contribution in [3.8, 4) is 0 Å². The third-order valence-electron chi connectivity index (χ3n) is 12.4. The lowest BCUT2D eigenvalue weighted by molar-refractivity contribution is -0.332. The summed E-state index contributed by atoms with van der Waals surface area (Å²) < 4.78 is 33.6. The Kier molecular flexibility index (Phi) is 38.7. The number of hydrogen-bond acceptors (Lipinski definition) is 15. The van der Waals surface area contributed by atoms with Gasteiger partial charge in [0.25, 0.3) is 0 Å². The minimum absolute atomic E-state index is 0.120. The molecule has 0 bridgehead atoms. The molecular weight excluding hydrogens is 925 g/mol. The highest BCUT2D eigenvalue weighted by molar-refractivity contribution is 5.70. The summed E-state index contributed by atoms with van der Waals surface area (Å²) in [6.07, 6.45) is 36.0. The quantitative estimate of drug-likeness (QED) is 0.0173. The van der Waals surface area contributed by atoms with Gasteiger partial charge in [-0.15, -0.1) is 0 Å². The van der Waals surface area contributed by atoms with Gasteiger partial charge in [0.05, 0.1) is 19.8 Å². The van der Waals surface area contributed by atoms with Gasteiger partial charge in [-0.1, -0.05) is 150 Å². The number of carbonyl (C=O) groups is 2. The fraction of sp³-hybridized carbons (Fsp3) is 0.719. The Labute approximate surface area is 431 Å². The molecule has 0 aromatic rings. The normalized spacial score (nSPS) is 25.7. The predicted molar refractivity (Wildman–Crippen MR) is 279 cm³/mol. The number of ether oxygens (including phenoxy) is 6. The lowest BCUT2D eigenvalue weighted by Crippen LogP contribution is -2.61. The van der Waals surface area contributed by atoms with E-state index >= 15 is 0 Å². The second-order valence-corrected chi connectivity index (χ2v) is 18.7. The molecule has 2 heterocycles. The summed E-state index contributed by atoms with van der Waals surface area (Å²) >= 11 is 0. The highest BCUT2D eigenvalue weighted by Crippen LogP contribution is 2.26. The SMILES string of the molecule is CC/C=C/C/C=C/C/C=C/C/C=C/C/C=C/CCCCCC(=O)O[C@H](COC(=O)CCCCCCCCC/C=C/C/C=C/CCCCC)CO[C@H]1O[C@@H](CO[C@H]2O[C@@H](CO)[C@@H](O)C(O)C2O)[C@@H](O)C(O)C1O. The van der Waals surface area contributed by atoms with Crippen LogP contribution in [0.4, 0.5) is 0 Å². The molecule has 0 radical (unpaired) electrons. The monoisotopic (exact) mass is 1020 g/mol. The van der Waals surface area contributed by atoms with E-state index in [2.05, 4.69) is 98.9 Å². The van der Waals surface area contributed by atoms with Crippen molar-refractivity contribution in [1.82, 2.24) is 0 Å². The summed E-state index contributed by atoms with van der Waals surface area (Å²) in [4.78, 5) is 25.8. The molecule has 0 aromatic carbocycles. The zero-order valence-corrected chi connectivity index (χ0v) is 43.6. The van der Waals surface area contributed by atoms with Crippen LogP contribution in [0.25, 0.3) is 0 Å². The van der Waals surface area contributed by atoms with Crippen molar-refractivity contribution in [2.24, 2.45) is 0 Å². The average molecular weight is 1020 g/mol. The Balaban J connectivity index is 1.81. The molecule has 0 amide bonds. The molecule has 72 heavy (non-hydrogen) atoms. The largest absolute Gasteiger partial charge is 0.462 e. The Morgan fingerprint density at radius 3 is 1.39 bits per heavy atom. The molecule has 2 aliphatic rings. The van der Waals surface area contributed by atoms with E-state index < -0.39 is 99.3 Å². The summed E-state index contributed by atoms with van der Waals surface area (Å²) in [6, 6.07) is 0. The first-order chi connectivity index (χ1) is 35.0. The van der Waals surface area contributed by atoms with Crippen LogP contribution in [-0.2, 0) is 38.0 Å². The van der Waals surface area contributed by atoms with Crippen LogP contribution in [0.5, 0.6) is 0 Å². The summed E-state index contributed by atoms with van der Waals surface area (Å²) in [5.41, 5.74) is 0. The number of aliphatic hydroxyl groups is 7. The van der Waals surface area contributed by atoms with Crippen molar-refractivity contribution in [1.29, 1.82) is 0 Å². The molecule has 412 valence electrons. The first-order valence-corrected chi connectivity index (χ1v) is 27.2. The lowest BCUT2D eigenvalue weighted by atomic mass is 9.98. The fourth-order valence-corrected chi connectivity index (χ4v) is 7.92. The van der Waals surface area contributed by atoms with Crippen LogP contribution in [0.1, 0.15) is 168 Å². The van der Waals surface area contributed by atoms with Crippen molar-refractivity contribution in [3.05, 3.63) is 85.1 Å². The molecule has 2 saturated heterocycles. The van der Waals surface area contributed by atoms with Crippen molar-refractivity contribution < 1.29 is 73.8 Å². The van der Waals surface area contributed by atoms with Gasteiger partial charge in [-0.2, -0.15) is 0 Å². The molecule has 0 aromatic heterocycles. The third-order valence-corrected chi connectivity index (χ3v) is 12.4. The van der Waals surface area contributed by atoms with Crippen molar-refractivity contribution >= 4 is 11.9 Å². The van der Waals surface area contributed by atoms with E-state index in [4.69, 9.17) is 28.4 Å². The zero-order chi connectivity index (χ0) is 52.4. The van der Waals surface area contributed by atoms with Crippen molar-refractivity contribution in [2.75, 3.05) is 26.4 Å². The number of carbonyl (C=O) groups excluding carboxylic acids is 2. The lowest BCUT2D eigenvalue weighted by Gasteiger charge is -2.42. The Hall–Kier alpha value is -3.32. The summed E-state index contributed by atoms with van der Waals surface area (Å²) in [5, 5.41) is 72.2. The minimum Gasteiger partial charge on any atom is -0.462 e. The summed E-state index contributed by atoms with van der Waals surface area (Å²) in [5.74, 6) is -0.978. The van der Waals surface area contributed by atoms with Crippen LogP contribution >= 0.6 is 0 Å². The van der Waals surface area contributed by atoms with Crippen LogP contribution in [-0.4, -0.2) is 142 Å². The van der Waals surface area contributed by atoms with Crippen molar-refractivity contribution in [3.63, 3.8) is 0 Å². The first kappa shape index (κ1) is 64.8. The Bertz CT molecular complexity index is 1570. The van der Waals surface area contributed by atoms with Crippen molar-refractivity contribution in [2.45, 2.75) is 235 Å². The molecule has 2 fully saturated rings. The van der Waals surface area contributed by atoms with Gasteiger partial charge >= 0.3 is 11.9 Å². The van der Waals surface area contributed by atoms with E-state index in [9.17, 15) is 45.3 Å². The maximum Gasteiger partial charge on any atom is 0.306 e. The van der Waals surface area contributed by atoms with E-state index in [1.165, 1.54) is 38.5 Å². The number of rotatable bonds is 41. The van der Waals surface area contributed by atoms with Crippen LogP contribution in [0.15, 0.2) is 85.1 Å². The molecule has 11 atom stereocenters. The zero-order valence-electron chi connectivity index (χ0n) is 43.6. The molecule has 0 saturated carbocycles. The topological polar surface area (TPSA) is 231 Å². The fourth-order valence-electron chi connectivity index (χ4n) is 7.92. The summed E-state index contributed by atoms with van der Waals surface area (Å²) in [7, 11) is 0. The molecule has 15 heteroatoms. The van der Waals surface area contributed by atoms with E-state index in [1.54, 1.807) is 0 Å². The number of allylic oxidation sites excluding steroid dienone is 14. The summed E-state index contributed by atoms with van der Waals surface area (Å²) in [6.45, 7) is 2.40. The maximum absolute atomic E-state index is 13.0. The molecular formula is C57H94O15. The smallest absolute Gasteiger partial charge is 0.306 e. The standard InChI is InChI=1S/C57H94O15/c1-3-5-7-9-11-13-15-17-19-21-22-24-26-28-30-32-34-36-38-40-49(60)70-45(42-67-48(59)39-37-35-33-31-29-27-25-23-20-18-16-14-12-10-8-6-4-2)43-68-56-55(66)53(64)51(62)47(72-56)44-69-57-54(65)52(63)50(61)46(41-58)71-57/h5,7,11-14,17-20,22,24,28,30,45-47,50-58,61-66H,3-4,6,8-10,15-16,21,23,25-27,29,31-44H2,1-2H3/b7-5+,13-11+,14-12+,19-17+,20-18+,24-22+,30-28+/t45-,46+,47+,50-,51-,52?,53?,54?,55?,56+,57+/m1/s1. The molecule has 4 unspecified atom stereocenters. The number of aliphatic hydroxyl groups excluding tert-OH is 7. The minimum atomic E-state index is -1.78. The molecule has 15 nitrogen and oxygen atoms in total. The van der Waals surface area contributed by atoms with Gasteiger partial charge in [0.15, 0.2) is 18.7 Å². The molecule has 0 spiro atoms. The van der Waals surface area contributed by atoms with E-state index in [0.29, 0.717) is 12.8 Å². The van der Waals surface area contributed by atoms with E-state index in [-0.39, 0.29) is 19.4 Å². The van der Waals surface area contributed by atoms with E-state index in [1.807, 2.05) is 0 Å². The highest BCUT2D eigenvalue weighted by Gasteiger charge is 2.47. The Morgan fingerprint density at radius 1 is 0.458 bits per heavy atom. The van der Waals surface area contributed by atoms with Gasteiger partial charge in [0.1, 0.15) is 55.4 Å². The molecule has 7 N–H and O–H groups in total. The van der Waals surface area contributed by atoms with Gasteiger partial charge < -0.3 is 64.2 Å². The van der Waals surface area contributed by atoms with Gasteiger partial charge in [0, 0.05) is 12.8 Å². The molecule has 2 rings (SSSR count). The van der Waals surface area contributed by atoms with Gasteiger partial charge in [-0.25, -0.2) is 0 Å². The third kappa shape index (κ3) is 30.1. The van der Waals surface area contributed by atoms with Gasteiger partial charge in [-0.05, 0) is 89.9 Å². The average Bonchev–Trinajstić information content (AvgIpc) is 3.37. The van der Waals surface area contributed by atoms with Crippen LogP contribution in [0.3, 0.4) is 0 Å². The molecule has 2 aliphatic heterocycles. The van der Waals surface area contributed by atoms with Crippen LogP contribution in [0, 0.1) is 0 Å². The Morgan fingerprint density at radius 2 is 0.875 bits per heavy atom. The number of hydrogen-bond donors (Lipinski definition) is 7. The molecule has 0 aliphatic carbocycles. The van der Waals surface area contributed by atoms with Gasteiger partial charge in [-0.3, -0.25) is 9.59 Å². The highest BCUT2D eigenvalue weighted by atomic mass is 16.7. The first-order valence-electron chi connectivity index (χ1n) is 27.2. The predicted octanol–water partition coefficient (Wildman–Crippen LogP) is 8.38.